The summed E-state index contributed by atoms with van der Waals surface area (Å²) in [5.74, 6) is 0.524. The number of nitrogens with one attached hydrogen (secondary N) is 2. The fourth-order valence-corrected chi connectivity index (χ4v) is 2.07. The molecule has 0 aliphatic rings. The summed E-state index contributed by atoms with van der Waals surface area (Å²) < 4.78 is 7.12. The van der Waals surface area contributed by atoms with Crippen molar-refractivity contribution in [2.24, 2.45) is 7.05 Å². The zero-order valence-corrected chi connectivity index (χ0v) is 12.7. The van der Waals surface area contributed by atoms with Crippen molar-refractivity contribution < 1.29 is 9.53 Å². The van der Waals surface area contributed by atoms with Gasteiger partial charge in [-0.25, -0.2) is 0 Å². The van der Waals surface area contributed by atoms with Crippen LogP contribution in [0.4, 0.5) is 5.69 Å². The molecule has 0 aliphatic heterocycles. The Labute approximate surface area is 129 Å². The summed E-state index contributed by atoms with van der Waals surface area (Å²) in [7, 11) is 3.55. The van der Waals surface area contributed by atoms with E-state index in [2.05, 4.69) is 22.3 Å². The van der Waals surface area contributed by atoms with Crippen molar-refractivity contribution in [1.29, 1.82) is 0 Å². The van der Waals surface area contributed by atoms with E-state index in [0.29, 0.717) is 18.0 Å². The molecule has 116 valence electrons. The highest BCUT2D eigenvalue weighted by atomic mass is 16.5. The molecule has 22 heavy (non-hydrogen) atoms. The highest BCUT2D eigenvalue weighted by molar-refractivity contribution is 5.95. The highest BCUT2D eigenvalue weighted by Gasteiger charge is 2.20. The van der Waals surface area contributed by atoms with Gasteiger partial charge in [-0.05, 0) is 19.2 Å². The number of aryl methyl sites for hydroxylation is 1. The van der Waals surface area contributed by atoms with Gasteiger partial charge in [0.2, 0.25) is 5.91 Å². The molecule has 1 heterocycles. The Balaban J connectivity index is 2.08. The maximum atomic E-state index is 12.4. The molecular weight excluding hydrogens is 280 g/mol. The Morgan fingerprint density at radius 2 is 2.36 bits per heavy atom. The summed E-state index contributed by atoms with van der Waals surface area (Å²) in [6.45, 7) is 4.03. The number of hydrogen-bond acceptors (Lipinski definition) is 4. The number of carbonyl (C=O) groups is 1. The van der Waals surface area contributed by atoms with E-state index in [9.17, 15) is 4.79 Å². The van der Waals surface area contributed by atoms with Crippen molar-refractivity contribution in [2.75, 3.05) is 19.0 Å². The lowest BCUT2D eigenvalue weighted by Gasteiger charge is -2.15. The van der Waals surface area contributed by atoms with Crippen molar-refractivity contribution in [3.63, 3.8) is 0 Å². The van der Waals surface area contributed by atoms with E-state index >= 15 is 0 Å². The Bertz CT molecular complexity index is 651. The van der Waals surface area contributed by atoms with Crippen LogP contribution >= 0.6 is 0 Å². The first-order valence-corrected chi connectivity index (χ1v) is 6.94. The fraction of sp³-hybridized carbons (Fsp3) is 0.250. The lowest BCUT2D eigenvalue weighted by molar-refractivity contribution is -0.118. The minimum absolute atomic E-state index is 0.156. The molecule has 6 nitrogen and oxygen atoms in total. The average Bonchev–Trinajstić information content (AvgIpc) is 2.92. The van der Waals surface area contributed by atoms with E-state index in [1.165, 1.54) is 0 Å². The lowest BCUT2D eigenvalue weighted by Crippen LogP contribution is -2.30. The maximum absolute atomic E-state index is 12.4. The van der Waals surface area contributed by atoms with Crippen molar-refractivity contribution >= 4 is 11.6 Å². The molecule has 0 bridgehead atoms. The van der Waals surface area contributed by atoms with Crippen molar-refractivity contribution in [2.45, 2.75) is 6.04 Å². The predicted octanol–water partition coefficient (Wildman–Crippen LogP) is 1.88. The molecule has 1 amide bonds. The molecule has 0 fully saturated rings. The van der Waals surface area contributed by atoms with Crippen LogP contribution in [0.3, 0.4) is 0 Å². The van der Waals surface area contributed by atoms with Crippen LogP contribution in [-0.4, -0.2) is 29.3 Å². The van der Waals surface area contributed by atoms with Crippen LogP contribution in [0.5, 0.6) is 5.75 Å². The van der Waals surface area contributed by atoms with Gasteiger partial charge in [0.25, 0.3) is 0 Å². The van der Waals surface area contributed by atoms with Crippen LogP contribution in [0.1, 0.15) is 11.6 Å². The number of rotatable bonds is 7. The topological polar surface area (TPSA) is 68.2 Å². The monoisotopic (exact) mass is 300 g/mol. The van der Waals surface area contributed by atoms with Gasteiger partial charge in [0.15, 0.2) is 0 Å². The first-order chi connectivity index (χ1) is 10.6. The summed E-state index contributed by atoms with van der Waals surface area (Å²) in [6, 6.07) is 6.78. The number of carbonyl (C=O) groups excluding carboxylic acids is 1. The smallest absolute Gasteiger partial charge is 0.246 e. The van der Waals surface area contributed by atoms with E-state index in [-0.39, 0.29) is 5.91 Å². The number of likely N-dealkylation sites (N-methyl/N-ethyl adjacent to an activating group) is 1. The third-order valence-electron chi connectivity index (χ3n) is 3.08. The minimum Gasteiger partial charge on any atom is -0.489 e. The van der Waals surface area contributed by atoms with E-state index in [4.69, 9.17) is 4.74 Å². The summed E-state index contributed by atoms with van der Waals surface area (Å²) >= 11 is 0. The van der Waals surface area contributed by atoms with Gasteiger partial charge in [0.05, 0.1) is 6.20 Å². The van der Waals surface area contributed by atoms with E-state index < -0.39 is 6.04 Å². The van der Waals surface area contributed by atoms with Gasteiger partial charge in [-0.2, -0.15) is 5.10 Å². The number of ether oxygens (including phenoxy) is 1. The van der Waals surface area contributed by atoms with Crippen LogP contribution in [0.15, 0.2) is 49.3 Å². The van der Waals surface area contributed by atoms with Gasteiger partial charge in [-0.3, -0.25) is 9.48 Å². The second-order valence-electron chi connectivity index (χ2n) is 4.79. The second kappa shape index (κ2) is 7.42. The Morgan fingerprint density at radius 1 is 1.55 bits per heavy atom. The molecule has 0 saturated carbocycles. The summed E-state index contributed by atoms with van der Waals surface area (Å²) in [4.78, 5) is 12.4. The van der Waals surface area contributed by atoms with Gasteiger partial charge in [0, 0.05) is 30.6 Å². The van der Waals surface area contributed by atoms with Gasteiger partial charge in [0.1, 0.15) is 18.4 Å². The molecular formula is C16H20N4O2. The summed E-state index contributed by atoms with van der Waals surface area (Å²) in [5, 5.41) is 9.95. The molecule has 1 aromatic heterocycles. The number of benzene rings is 1. The second-order valence-corrected chi connectivity index (χ2v) is 4.79. The maximum Gasteiger partial charge on any atom is 0.246 e. The van der Waals surface area contributed by atoms with Crippen molar-refractivity contribution in [1.82, 2.24) is 15.1 Å². The molecule has 1 aromatic carbocycles. The van der Waals surface area contributed by atoms with Crippen LogP contribution in [0.2, 0.25) is 0 Å². The first kappa shape index (κ1) is 15.8. The Morgan fingerprint density at radius 3 is 3.00 bits per heavy atom. The zero-order valence-electron chi connectivity index (χ0n) is 12.7. The SMILES string of the molecule is C=CCOc1cccc(NC(=O)C(NC)c2cnn(C)c2)c1. The van der Waals surface area contributed by atoms with Gasteiger partial charge < -0.3 is 15.4 Å². The quantitative estimate of drug-likeness (QED) is 0.766. The Kier molecular flexibility index (Phi) is 5.32. The lowest BCUT2D eigenvalue weighted by atomic mass is 10.1. The normalized spacial score (nSPS) is 11.7. The molecule has 2 N–H and O–H groups in total. The van der Waals surface area contributed by atoms with Crippen molar-refractivity contribution in [3.8, 4) is 5.75 Å². The summed E-state index contributed by atoms with van der Waals surface area (Å²) in [5.41, 5.74) is 1.48. The number of aromatic nitrogens is 2. The predicted molar refractivity (Wildman–Crippen MR) is 85.8 cm³/mol. The molecule has 0 spiro atoms. The molecule has 1 unspecified atom stereocenters. The fourth-order valence-electron chi connectivity index (χ4n) is 2.07. The number of amides is 1. The molecule has 6 heteroatoms. The van der Waals surface area contributed by atoms with E-state index in [0.717, 1.165) is 5.56 Å². The van der Waals surface area contributed by atoms with Crippen LogP contribution in [0.25, 0.3) is 0 Å². The van der Waals surface area contributed by atoms with E-state index in [1.54, 1.807) is 30.1 Å². The average molecular weight is 300 g/mol. The standard InChI is InChI=1S/C16H20N4O2/c1-4-8-22-14-7-5-6-13(9-14)19-16(21)15(17-2)12-10-18-20(3)11-12/h4-7,9-11,15,17H,1,8H2,2-3H3,(H,19,21). The third-order valence-corrected chi connectivity index (χ3v) is 3.08. The van der Waals surface area contributed by atoms with Crippen LogP contribution in [0, 0.1) is 0 Å². The minimum atomic E-state index is -0.466. The van der Waals surface area contributed by atoms with Crippen molar-refractivity contribution in [3.05, 3.63) is 54.9 Å². The molecule has 0 aliphatic carbocycles. The number of nitrogens with zero attached hydrogens (tertiary/aromatic N) is 2. The van der Waals surface area contributed by atoms with Crippen LogP contribution in [-0.2, 0) is 11.8 Å². The van der Waals surface area contributed by atoms with Gasteiger partial charge in [-0.15, -0.1) is 0 Å². The first-order valence-electron chi connectivity index (χ1n) is 6.94. The molecule has 2 aromatic rings. The van der Waals surface area contributed by atoms with Crippen LogP contribution < -0.4 is 15.4 Å². The third kappa shape index (κ3) is 3.95. The number of hydrogen-bond donors (Lipinski definition) is 2. The molecule has 0 radical (unpaired) electrons. The number of anilines is 1. The highest BCUT2D eigenvalue weighted by Crippen LogP contribution is 2.19. The molecule has 2 rings (SSSR count). The largest absolute Gasteiger partial charge is 0.489 e. The summed E-state index contributed by atoms with van der Waals surface area (Å²) in [6.07, 6.45) is 5.15. The van der Waals surface area contributed by atoms with Gasteiger partial charge in [-0.1, -0.05) is 18.7 Å². The zero-order chi connectivity index (χ0) is 15.9. The molecule has 1 atom stereocenters. The Hall–Kier alpha value is -2.60. The van der Waals surface area contributed by atoms with Gasteiger partial charge >= 0.3 is 0 Å². The van der Waals surface area contributed by atoms with E-state index in [1.807, 2.05) is 31.4 Å². The molecule has 0 saturated heterocycles.